The van der Waals surface area contributed by atoms with Gasteiger partial charge in [-0.1, -0.05) is 24.3 Å². The third kappa shape index (κ3) is 6.32. The lowest BCUT2D eigenvalue weighted by atomic mass is 10.1. The van der Waals surface area contributed by atoms with Crippen LogP contribution in [0.5, 0.6) is 11.5 Å². The number of aromatic nitrogens is 3. The monoisotopic (exact) mass is 514 g/mol. The summed E-state index contributed by atoms with van der Waals surface area (Å²) >= 11 is 1.55. The molecule has 0 saturated carbocycles. The Balaban J connectivity index is 0.00000342. The van der Waals surface area contributed by atoms with E-state index in [1.165, 1.54) is 5.56 Å². The van der Waals surface area contributed by atoms with Crippen molar-refractivity contribution in [3.63, 3.8) is 0 Å². The number of amides is 1. The summed E-state index contributed by atoms with van der Waals surface area (Å²) in [7, 11) is 0. The molecule has 0 saturated heterocycles. The van der Waals surface area contributed by atoms with E-state index in [1.807, 2.05) is 30.7 Å². The van der Waals surface area contributed by atoms with Crippen molar-refractivity contribution >= 4 is 45.0 Å². The molecule has 0 aliphatic heterocycles. The number of hydrogen-bond donors (Lipinski definition) is 0. The molecule has 0 fully saturated rings. The Morgan fingerprint density at radius 3 is 2.57 bits per heavy atom. The molecule has 0 unspecified atom stereocenters. The number of benzene rings is 2. The van der Waals surface area contributed by atoms with Gasteiger partial charge in [0.2, 0.25) is 0 Å². The summed E-state index contributed by atoms with van der Waals surface area (Å²) in [5.74, 6) is 1.11. The second kappa shape index (κ2) is 12.6. The Labute approximate surface area is 216 Å². The summed E-state index contributed by atoms with van der Waals surface area (Å²) in [6.45, 7) is 8.29. The molecule has 0 aliphatic rings. The van der Waals surface area contributed by atoms with E-state index in [9.17, 15) is 4.79 Å². The van der Waals surface area contributed by atoms with Gasteiger partial charge in [-0.25, -0.2) is 9.97 Å². The summed E-state index contributed by atoms with van der Waals surface area (Å²) in [6, 6.07) is 11.7. The molecule has 0 aliphatic carbocycles. The zero-order chi connectivity index (χ0) is 23.9. The first kappa shape index (κ1) is 26.5. The van der Waals surface area contributed by atoms with Crippen LogP contribution in [-0.2, 0) is 13.0 Å². The lowest BCUT2D eigenvalue weighted by Crippen LogP contribution is -2.32. The molecule has 1 amide bonds. The van der Waals surface area contributed by atoms with Crippen LogP contribution in [0, 0.1) is 0 Å². The van der Waals surface area contributed by atoms with E-state index in [4.69, 9.17) is 14.5 Å². The Bertz CT molecular complexity index is 1240. The van der Waals surface area contributed by atoms with E-state index < -0.39 is 0 Å². The van der Waals surface area contributed by atoms with Crippen LogP contribution >= 0.6 is 23.7 Å². The minimum absolute atomic E-state index is 0. The van der Waals surface area contributed by atoms with Gasteiger partial charge in [-0.15, -0.1) is 12.4 Å². The molecule has 186 valence electrons. The number of imidazole rings is 1. The van der Waals surface area contributed by atoms with Gasteiger partial charge in [0.15, 0.2) is 16.6 Å². The molecule has 0 spiro atoms. The van der Waals surface area contributed by atoms with Crippen LogP contribution in [0.3, 0.4) is 0 Å². The third-order valence-corrected chi connectivity index (χ3v) is 6.51. The van der Waals surface area contributed by atoms with Gasteiger partial charge in [0.05, 0.1) is 29.8 Å². The molecular formula is C26H31ClN4O3S. The molecule has 35 heavy (non-hydrogen) atoms. The smallest absolute Gasteiger partial charge is 0.260 e. The van der Waals surface area contributed by atoms with Crippen molar-refractivity contribution in [1.29, 1.82) is 0 Å². The number of nitrogens with zero attached hydrogens (tertiary/aromatic N) is 4. The van der Waals surface area contributed by atoms with Gasteiger partial charge in [-0.2, -0.15) is 0 Å². The first-order chi connectivity index (χ1) is 16.6. The fourth-order valence-electron chi connectivity index (χ4n) is 3.75. The number of fused-ring (bicyclic) bond motifs is 1. The summed E-state index contributed by atoms with van der Waals surface area (Å²) in [6.07, 6.45) is 7.21. The number of aryl methyl sites for hydroxylation is 2. The molecule has 9 heteroatoms. The number of thiazole rings is 1. The van der Waals surface area contributed by atoms with Crippen molar-refractivity contribution < 1.29 is 14.3 Å². The van der Waals surface area contributed by atoms with E-state index in [1.54, 1.807) is 47.0 Å². The van der Waals surface area contributed by atoms with Crippen molar-refractivity contribution in [3.05, 3.63) is 66.2 Å². The van der Waals surface area contributed by atoms with Crippen molar-refractivity contribution in [3.8, 4) is 11.5 Å². The Morgan fingerprint density at radius 2 is 1.86 bits per heavy atom. The molecule has 0 atom stereocenters. The van der Waals surface area contributed by atoms with Crippen molar-refractivity contribution in [2.24, 2.45) is 0 Å². The van der Waals surface area contributed by atoms with Gasteiger partial charge in [0, 0.05) is 31.0 Å². The minimum atomic E-state index is -0.107. The number of ether oxygens (including phenoxy) is 2. The zero-order valence-electron chi connectivity index (χ0n) is 20.3. The fourth-order valence-corrected chi connectivity index (χ4v) is 4.80. The number of halogens is 1. The number of carbonyl (C=O) groups excluding carboxylic acids is 1. The highest BCUT2D eigenvalue weighted by Crippen LogP contribution is 2.33. The van der Waals surface area contributed by atoms with E-state index >= 15 is 0 Å². The van der Waals surface area contributed by atoms with Crippen LogP contribution in [0.4, 0.5) is 5.13 Å². The molecule has 0 bridgehead atoms. The average molecular weight is 515 g/mol. The third-order valence-electron chi connectivity index (χ3n) is 5.47. The quantitative estimate of drug-likeness (QED) is 0.245. The van der Waals surface area contributed by atoms with Crippen LogP contribution in [0.15, 0.2) is 55.1 Å². The topological polar surface area (TPSA) is 69.5 Å². The van der Waals surface area contributed by atoms with E-state index in [0.717, 1.165) is 29.6 Å². The summed E-state index contributed by atoms with van der Waals surface area (Å²) in [5.41, 5.74) is 2.71. The zero-order valence-corrected chi connectivity index (χ0v) is 21.9. The molecular weight excluding hydrogens is 484 g/mol. The lowest BCUT2D eigenvalue weighted by Gasteiger charge is -2.21. The summed E-state index contributed by atoms with van der Waals surface area (Å²) in [4.78, 5) is 24.4. The first-order valence-electron chi connectivity index (χ1n) is 11.7. The molecule has 4 rings (SSSR count). The molecule has 0 radical (unpaired) electrons. The normalized spacial score (nSPS) is 10.7. The SMILES string of the molecule is CCOc1ccc(C(=O)N(CCCn2ccnc2)c2nc3ccc(CC)cc3s2)cc1OCC.Cl. The highest BCUT2D eigenvalue weighted by atomic mass is 35.5. The van der Waals surface area contributed by atoms with Crippen LogP contribution in [-0.4, -0.2) is 40.2 Å². The number of carbonyl (C=O) groups is 1. The second-order valence-electron chi connectivity index (χ2n) is 7.79. The van der Waals surface area contributed by atoms with Gasteiger partial charge in [-0.3, -0.25) is 9.69 Å². The Hall–Kier alpha value is -3.10. The number of hydrogen-bond acceptors (Lipinski definition) is 6. The molecule has 2 aromatic heterocycles. The number of rotatable bonds is 11. The standard InChI is InChI=1S/C26H30N4O3S.ClH/c1-4-19-8-10-21-24(16-19)34-26(28-21)30(14-7-13-29-15-12-27-18-29)25(31)20-9-11-22(32-5-2)23(17-20)33-6-3;/h8-12,15-18H,4-7,13-14H2,1-3H3;1H. The maximum Gasteiger partial charge on any atom is 0.260 e. The first-order valence-corrected chi connectivity index (χ1v) is 12.5. The molecule has 2 heterocycles. The van der Waals surface area contributed by atoms with Crippen LogP contribution in [0.2, 0.25) is 0 Å². The van der Waals surface area contributed by atoms with Crippen molar-refractivity contribution in [2.45, 2.75) is 40.2 Å². The van der Waals surface area contributed by atoms with Gasteiger partial charge in [0.25, 0.3) is 5.91 Å². The minimum Gasteiger partial charge on any atom is -0.490 e. The predicted octanol–water partition coefficient (Wildman–Crippen LogP) is 6.01. The largest absolute Gasteiger partial charge is 0.490 e. The summed E-state index contributed by atoms with van der Waals surface area (Å²) in [5, 5.41) is 0.700. The van der Waals surface area contributed by atoms with E-state index in [0.29, 0.717) is 42.0 Å². The van der Waals surface area contributed by atoms with Gasteiger partial charge in [0.1, 0.15) is 0 Å². The van der Waals surface area contributed by atoms with Gasteiger partial charge >= 0.3 is 0 Å². The highest BCUT2D eigenvalue weighted by molar-refractivity contribution is 7.22. The van der Waals surface area contributed by atoms with Crippen LogP contribution < -0.4 is 14.4 Å². The van der Waals surface area contributed by atoms with Crippen molar-refractivity contribution in [1.82, 2.24) is 14.5 Å². The average Bonchev–Trinajstić information content (AvgIpc) is 3.52. The van der Waals surface area contributed by atoms with Crippen LogP contribution in [0.1, 0.15) is 43.1 Å². The second-order valence-corrected chi connectivity index (χ2v) is 8.80. The molecule has 2 aromatic carbocycles. The fraction of sp³-hybridized carbons (Fsp3) is 0.346. The van der Waals surface area contributed by atoms with Gasteiger partial charge in [-0.05, 0) is 62.6 Å². The lowest BCUT2D eigenvalue weighted by molar-refractivity contribution is 0.0985. The van der Waals surface area contributed by atoms with E-state index in [-0.39, 0.29) is 18.3 Å². The molecule has 7 nitrogen and oxygen atoms in total. The highest BCUT2D eigenvalue weighted by Gasteiger charge is 2.23. The molecule has 0 N–H and O–H groups in total. The maximum atomic E-state index is 13.7. The predicted molar refractivity (Wildman–Crippen MR) is 144 cm³/mol. The van der Waals surface area contributed by atoms with Crippen LogP contribution in [0.25, 0.3) is 10.2 Å². The van der Waals surface area contributed by atoms with Gasteiger partial charge < -0.3 is 14.0 Å². The summed E-state index contributed by atoms with van der Waals surface area (Å²) < 4.78 is 14.5. The Morgan fingerprint density at radius 1 is 1.06 bits per heavy atom. The maximum absolute atomic E-state index is 13.7. The molecule has 4 aromatic rings. The number of anilines is 1. The Kier molecular flexibility index (Phi) is 9.51. The van der Waals surface area contributed by atoms with E-state index in [2.05, 4.69) is 24.0 Å². The van der Waals surface area contributed by atoms with Crippen molar-refractivity contribution in [2.75, 3.05) is 24.7 Å².